The number of nitroso groups, excluding NO2 is 1. The van der Waals surface area contributed by atoms with Gasteiger partial charge in [0.15, 0.2) is 0 Å². The average Bonchev–Trinajstić information content (AvgIpc) is 1.46. The van der Waals surface area contributed by atoms with Gasteiger partial charge in [0.2, 0.25) is 0 Å². The van der Waals surface area contributed by atoms with Gasteiger partial charge in [0, 0.05) is 7.11 Å². The van der Waals surface area contributed by atoms with Crippen LogP contribution in [0.5, 0.6) is 0 Å². The van der Waals surface area contributed by atoms with Gasteiger partial charge in [0.1, 0.15) is 0 Å². The van der Waals surface area contributed by atoms with Gasteiger partial charge in [-0.2, -0.15) is 0 Å². The molecule has 0 aromatic carbocycles. The summed E-state index contributed by atoms with van der Waals surface area (Å²) in [4.78, 5) is 8.54. The zero-order valence-corrected chi connectivity index (χ0v) is 4.54. The molecule has 0 saturated carbocycles. The number of aliphatic hydroxyl groups is 1. The Balaban J connectivity index is 0. The van der Waals surface area contributed by atoms with Crippen LogP contribution in [0, 0.1) is 4.91 Å². The summed E-state index contributed by atoms with van der Waals surface area (Å²) in [6.07, 6.45) is 0. The van der Waals surface area contributed by atoms with Gasteiger partial charge in [-0.25, -0.2) is 0 Å². The summed E-state index contributed by atoms with van der Waals surface area (Å²) in [5, 5.41) is 7.00. The molecule has 1 N–H and O–H groups in total. The van der Waals surface area contributed by atoms with E-state index in [4.69, 9.17) is 10.0 Å². The molecule has 0 aliphatic heterocycles. The van der Waals surface area contributed by atoms with Crippen LogP contribution < -0.4 is 0 Å². The Labute approximate surface area is 40.8 Å². The second kappa shape index (κ2) is 29.6. The van der Waals surface area contributed by atoms with Crippen molar-refractivity contribution in [3.63, 3.8) is 0 Å². The van der Waals surface area contributed by atoms with Crippen molar-refractivity contribution >= 4 is 0 Å². The van der Waals surface area contributed by atoms with Gasteiger partial charge in [-0.15, -0.1) is 0 Å². The Morgan fingerprint density at radius 1 is 1.80 bits per heavy atom. The van der Waals surface area contributed by atoms with E-state index < -0.39 is 0 Å². The Morgan fingerprint density at radius 3 is 1.80 bits per heavy atom. The van der Waals surface area contributed by atoms with Gasteiger partial charge in [-0.1, -0.05) is 0 Å². The number of hydrogen-bond donors (Lipinski definition) is 1. The first-order valence-corrected chi connectivity index (χ1v) is 1.63. The van der Waals surface area contributed by atoms with E-state index in [9.17, 15) is 0 Å². The Morgan fingerprint density at radius 2 is 1.80 bits per heavy atom. The number of hydrogen-bond acceptors (Lipinski definition) is 3. The van der Waals surface area contributed by atoms with Gasteiger partial charge in [-0.3, -0.25) is 0 Å². The topological polar surface area (TPSA) is 49.7 Å². The first-order chi connectivity index (χ1) is 2.41. The van der Waals surface area contributed by atoms with Gasteiger partial charge in [0.25, 0.3) is 0 Å². The molecule has 32 valence electrons. The van der Waals surface area contributed by atoms with Crippen molar-refractivity contribution in [2.75, 3.05) is 7.11 Å². The summed E-state index contributed by atoms with van der Waals surface area (Å²) < 4.78 is 2.22. The Kier molecular flexibility index (Phi) is 53.1. The summed E-state index contributed by atoms with van der Waals surface area (Å²) in [7, 11) is 1.00. The van der Waals surface area contributed by atoms with Gasteiger partial charge < -0.3 is 5.11 Å². The van der Waals surface area contributed by atoms with Crippen LogP contribution in [0.2, 0.25) is 0 Å². The molecule has 0 unspecified atom stereocenters. The maximum absolute atomic E-state index is 8.54. The number of aliphatic hydroxyl groups excluding tert-OH is 1. The summed E-state index contributed by atoms with van der Waals surface area (Å²) >= 11 is 1.36. The predicted octanol–water partition coefficient (Wildman–Crippen LogP) is -0.177. The van der Waals surface area contributed by atoms with Crippen LogP contribution in [0.3, 0.4) is 0 Å². The van der Waals surface area contributed by atoms with Crippen molar-refractivity contribution < 1.29 is 24.2 Å². The minimum atomic E-state index is 1.00. The van der Waals surface area contributed by atoms with Crippen molar-refractivity contribution in [2.24, 2.45) is 3.85 Å². The monoisotopic (exact) mass is 159 g/mol. The third kappa shape index (κ3) is 469. The molecule has 0 amide bonds. The summed E-state index contributed by atoms with van der Waals surface area (Å²) in [5.41, 5.74) is 0. The molecule has 0 bridgehead atoms. The van der Waals surface area contributed by atoms with E-state index in [-0.39, 0.29) is 0 Å². The molecule has 0 heterocycles. The molecule has 0 radical (unpaired) electrons. The summed E-state index contributed by atoms with van der Waals surface area (Å²) in [5.74, 6) is 0. The van der Waals surface area contributed by atoms with Crippen LogP contribution in [0.4, 0.5) is 0 Å². The van der Waals surface area contributed by atoms with Crippen LogP contribution in [-0.2, 0) is 19.1 Å². The second-order valence-electron chi connectivity index (χ2n) is 0.0690. The molecule has 0 fully saturated rings. The van der Waals surface area contributed by atoms with Crippen molar-refractivity contribution in [1.29, 1.82) is 0 Å². The summed E-state index contributed by atoms with van der Waals surface area (Å²) in [6, 6.07) is 0. The predicted molar refractivity (Wildman–Crippen MR) is 13.9 cm³/mol. The molecule has 0 atom stereocenters. The SMILES string of the molecule is CO.O=[N][Tc]. The third-order valence-corrected chi connectivity index (χ3v) is 0. The first kappa shape index (κ1) is 8.96. The van der Waals surface area contributed by atoms with Gasteiger partial charge in [-0.05, 0) is 0 Å². The van der Waals surface area contributed by atoms with Crippen molar-refractivity contribution in [3.8, 4) is 0 Å². The fourth-order valence-corrected chi connectivity index (χ4v) is 0. The van der Waals surface area contributed by atoms with E-state index >= 15 is 0 Å². The maximum atomic E-state index is 8.54. The van der Waals surface area contributed by atoms with Crippen LogP contribution in [0.1, 0.15) is 0 Å². The Hall–Kier alpha value is 0.209. The molecule has 3 nitrogen and oxygen atoms in total. The molecule has 0 aromatic rings. The molecule has 0 rings (SSSR count). The molecule has 0 spiro atoms. The molecular formula is CH4NO2Tc. The van der Waals surface area contributed by atoms with Crippen LogP contribution >= 0.6 is 0 Å². The molecule has 4 heteroatoms. The van der Waals surface area contributed by atoms with Crippen LogP contribution in [0.15, 0.2) is 3.85 Å². The molecule has 5 heavy (non-hydrogen) atoms. The molecular weight excluding hydrogens is 156 g/mol. The van der Waals surface area contributed by atoms with E-state index in [1.54, 1.807) is 0 Å². The molecule has 0 aromatic heterocycles. The normalized spacial score (nSPS) is 3.80. The molecule has 0 saturated heterocycles. The van der Waals surface area contributed by atoms with Gasteiger partial charge in [0.05, 0.1) is 0 Å². The third-order valence-electron chi connectivity index (χ3n) is 0. The van der Waals surface area contributed by atoms with E-state index in [1.807, 2.05) is 0 Å². The van der Waals surface area contributed by atoms with E-state index in [0.29, 0.717) is 0 Å². The average molecular weight is 160 g/mol. The van der Waals surface area contributed by atoms with Crippen LogP contribution in [0.25, 0.3) is 0 Å². The van der Waals surface area contributed by atoms with Gasteiger partial charge >= 0.3 is 27.9 Å². The molecule has 0 aliphatic carbocycles. The zero-order valence-electron chi connectivity index (χ0n) is 2.68. The first-order valence-electron chi connectivity index (χ1n) is 0.799. The van der Waals surface area contributed by atoms with Crippen molar-refractivity contribution in [3.05, 3.63) is 4.91 Å². The quantitative estimate of drug-likeness (QED) is 0.500. The fraction of sp³-hybridized carbons (Fsp3) is 1.00. The molecule has 0 aliphatic rings. The standard InChI is InChI=1S/CH4O.NO.Tc/c2*1-2;/h2H,1H3;;/q;-1;+1. The van der Waals surface area contributed by atoms with E-state index in [2.05, 4.69) is 3.85 Å². The van der Waals surface area contributed by atoms with Crippen LogP contribution in [-0.4, -0.2) is 12.2 Å². The summed E-state index contributed by atoms with van der Waals surface area (Å²) in [6.45, 7) is 0. The van der Waals surface area contributed by atoms with E-state index in [0.717, 1.165) is 7.11 Å². The Bertz CT molecular complexity index is 17.1. The fourth-order valence-electron chi connectivity index (χ4n) is 0. The number of nitrogens with zero attached hydrogens (tertiary/aromatic N) is 1. The zero-order chi connectivity index (χ0) is 4.71. The number of rotatable bonds is 0. The van der Waals surface area contributed by atoms with E-state index in [1.165, 1.54) is 19.1 Å². The van der Waals surface area contributed by atoms with Crippen molar-refractivity contribution in [1.82, 2.24) is 0 Å². The minimum absolute atomic E-state index is 1.00. The van der Waals surface area contributed by atoms with Crippen molar-refractivity contribution in [2.45, 2.75) is 0 Å². The second-order valence-corrected chi connectivity index (χ2v) is 0.408.